The normalized spacial score (nSPS) is 29.5. The molecule has 2 saturated heterocycles. The minimum atomic E-state index is 0.884. The first-order chi connectivity index (χ1) is 5.47. The van der Waals surface area contributed by atoms with Crippen molar-refractivity contribution in [3.8, 4) is 0 Å². The molecule has 0 aromatic rings. The Bertz CT molecular complexity index is 113. The summed E-state index contributed by atoms with van der Waals surface area (Å²) in [5.41, 5.74) is 0. The Balaban J connectivity index is 1.82. The fourth-order valence-electron chi connectivity index (χ4n) is 2.21. The molecule has 0 amide bonds. The standard InChI is InChI=1S/C9H17N2/c1-2-8-11(7-1)9-3-5-10-6-4-9/h9H,1-8H2. The summed E-state index contributed by atoms with van der Waals surface area (Å²) < 4.78 is 0. The maximum atomic E-state index is 4.37. The third-order valence-corrected chi connectivity index (χ3v) is 2.90. The molecule has 2 fully saturated rings. The van der Waals surface area contributed by atoms with Gasteiger partial charge in [0.25, 0.3) is 0 Å². The number of rotatable bonds is 1. The van der Waals surface area contributed by atoms with E-state index >= 15 is 0 Å². The molecule has 0 aliphatic carbocycles. The number of hydrogen-bond donors (Lipinski definition) is 0. The Hall–Kier alpha value is -0.0800. The Labute approximate surface area is 69.0 Å². The summed E-state index contributed by atoms with van der Waals surface area (Å²) in [5.74, 6) is 0. The molecule has 2 heterocycles. The first-order valence-corrected chi connectivity index (χ1v) is 4.84. The number of nitrogens with zero attached hydrogens (tertiary/aromatic N) is 2. The van der Waals surface area contributed by atoms with E-state index in [1.165, 1.54) is 38.8 Å². The van der Waals surface area contributed by atoms with E-state index in [1.807, 2.05) is 0 Å². The van der Waals surface area contributed by atoms with Crippen LogP contribution in [0.3, 0.4) is 0 Å². The molecule has 2 aliphatic rings. The van der Waals surface area contributed by atoms with Crippen molar-refractivity contribution in [1.29, 1.82) is 0 Å². The zero-order valence-electron chi connectivity index (χ0n) is 7.13. The highest BCUT2D eigenvalue weighted by atomic mass is 15.2. The summed E-state index contributed by atoms with van der Waals surface area (Å²) in [4.78, 5) is 2.66. The fourth-order valence-corrected chi connectivity index (χ4v) is 2.21. The molecule has 0 aromatic heterocycles. The van der Waals surface area contributed by atoms with Crippen LogP contribution in [0.4, 0.5) is 0 Å². The van der Waals surface area contributed by atoms with Crippen LogP contribution in [0.5, 0.6) is 0 Å². The molecule has 2 heteroatoms. The van der Waals surface area contributed by atoms with Gasteiger partial charge in [0.15, 0.2) is 0 Å². The maximum absolute atomic E-state index is 4.37. The molecule has 1 radical (unpaired) electrons. The van der Waals surface area contributed by atoms with Gasteiger partial charge in [-0.05, 0) is 38.8 Å². The van der Waals surface area contributed by atoms with Gasteiger partial charge in [-0.3, -0.25) is 0 Å². The molecule has 63 valence electrons. The zero-order chi connectivity index (χ0) is 7.52. The van der Waals surface area contributed by atoms with E-state index in [0.717, 1.165) is 19.1 Å². The monoisotopic (exact) mass is 153 g/mol. The molecule has 2 aliphatic heterocycles. The van der Waals surface area contributed by atoms with Gasteiger partial charge in [-0.15, -0.1) is 0 Å². The minimum Gasteiger partial charge on any atom is -0.300 e. The second-order valence-electron chi connectivity index (χ2n) is 3.65. The average Bonchev–Trinajstić information content (AvgIpc) is 2.58. The predicted octanol–water partition coefficient (Wildman–Crippen LogP) is 0.849. The summed E-state index contributed by atoms with van der Waals surface area (Å²) in [6.07, 6.45) is 5.49. The largest absolute Gasteiger partial charge is 0.300 e. The van der Waals surface area contributed by atoms with Gasteiger partial charge in [0.05, 0.1) is 0 Å². The molecule has 11 heavy (non-hydrogen) atoms. The van der Waals surface area contributed by atoms with Crippen molar-refractivity contribution in [3.63, 3.8) is 0 Å². The molecular formula is C9H17N2. The van der Waals surface area contributed by atoms with E-state index in [0.29, 0.717) is 0 Å². The third kappa shape index (κ3) is 1.74. The van der Waals surface area contributed by atoms with Crippen molar-refractivity contribution < 1.29 is 0 Å². The lowest BCUT2D eigenvalue weighted by molar-refractivity contribution is 0.197. The van der Waals surface area contributed by atoms with E-state index in [2.05, 4.69) is 10.2 Å². The lowest BCUT2D eigenvalue weighted by Gasteiger charge is -2.30. The topological polar surface area (TPSA) is 17.3 Å². The quantitative estimate of drug-likeness (QED) is 0.546. The Morgan fingerprint density at radius 1 is 1.00 bits per heavy atom. The molecule has 0 atom stereocenters. The van der Waals surface area contributed by atoms with E-state index < -0.39 is 0 Å². The van der Waals surface area contributed by atoms with E-state index in [1.54, 1.807) is 0 Å². The van der Waals surface area contributed by atoms with Crippen LogP contribution >= 0.6 is 0 Å². The molecule has 0 saturated carbocycles. The van der Waals surface area contributed by atoms with Crippen molar-refractivity contribution in [1.82, 2.24) is 10.2 Å². The molecule has 0 bridgehead atoms. The lowest BCUT2D eigenvalue weighted by Crippen LogP contribution is -2.39. The summed E-state index contributed by atoms with van der Waals surface area (Å²) in [6.45, 7) is 4.93. The molecule has 0 aromatic carbocycles. The van der Waals surface area contributed by atoms with Crippen molar-refractivity contribution >= 4 is 0 Å². The van der Waals surface area contributed by atoms with Crippen molar-refractivity contribution in [2.45, 2.75) is 31.7 Å². The number of piperidine rings is 1. The van der Waals surface area contributed by atoms with Crippen LogP contribution in [0.1, 0.15) is 25.7 Å². The molecule has 2 rings (SSSR count). The third-order valence-electron chi connectivity index (χ3n) is 2.90. The SMILES string of the molecule is C1CCN(C2CC[N]CC2)C1. The van der Waals surface area contributed by atoms with Gasteiger partial charge in [0, 0.05) is 19.1 Å². The van der Waals surface area contributed by atoms with Crippen molar-refractivity contribution in [2.75, 3.05) is 26.2 Å². The highest BCUT2D eigenvalue weighted by molar-refractivity contribution is 4.80. The second-order valence-corrected chi connectivity index (χ2v) is 3.65. The van der Waals surface area contributed by atoms with Gasteiger partial charge < -0.3 is 4.90 Å². The number of likely N-dealkylation sites (tertiary alicyclic amines) is 1. The van der Waals surface area contributed by atoms with Gasteiger partial charge in [-0.1, -0.05) is 0 Å². The second kappa shape index (κ2) is 3.55. The van der Waals surface area contributed by atoms with Crippen molar-refractivity contribution in [3.05, 3.63) is 0 Å². The average molecular weight is 153 g/mol. The first-order valence-electron chi connectivity index (χ1n) is 4.84. The summed E-state index contributed by atoms with van der Waals surface area (Å²) in [7, 11) is 0. The Morgan fingerprint density at radius 3 is 2.27 bits per heavy atom. The fraction of sp³-hybridized carbons (Fsp3) is 1.00. The minimum absolute atomic E-state index is 0.884. The van der Waals surface area contributed by atoms with E-state index in [-0.39, 0.29) is 0 Å². The molecule has 2 nitrogen and oxygen atoms in total. The van der Waals surface area contributed by atoms with Crippen LogP contribution in [0.25, 0.3) is 0 Å². The molecule has 0 spiro atoms. The van der Waals surface area contributed by atoms with Gasteiger partial charge in [0.2, 0.25) is 0 Å². The van der Waals surface area contributed by atoms with Crippen LogP contribution in [-0.2, 0) is 0 Å². The van der Waals surface area contributed by atoms with Crippen LogP contribution in [0, 0.1) is 0 Å². The summed E-state index contributed by atoms with van der Waals surface area (Å²) in [6, 6.07) is 0.884. The summed E-state index contributed by atoms with van der Waals surface area (Å²) >= 11 is 0. The van der Waals surface area contributed by atoms with Gasteiger partial charge >= 0.3 is 0 Å². The first kappa shape index (κ1) is 7.56. The smallest absolute Gasteiger partial charge is 0.0148 e. The van der Waals surface area contributed by atoms with Crippen molar-refractivity contribution in [2.24, 2.45) is 0 Å². The van der Waals surface area contributed by atoms with Crippen LogP contribution < -0.4 is 5.32 Å². The predicted molar refractivity (Wildman–Crippen MR) is 45.7 cm³/mol. The Kier molecular flexibility index (Phi) is 2.44. The summed E-state index contributed by atoms with van der Waals surface area (Å²) in [5, 5.41) is 4.37. The van der Waals surface area contributed by atoms with E-state index in [9.17, 15) is 0 Å². The Morgan fingerprint density at radius 2 is 1.64 bits per heavy atom. The zero-order valence-corrected chi connectivity index (χ0v) is 7.13. The molecule has 0 N–H and O–H groups in total. The highest BCUT2D eigenvalue weighted by Crippen LogP contribution is 2.17. The van der Waals surface area contributed by atoms with Crippen LogP contribution in [-0.4, -0.2) is 37.1 Å². The lowest BCUT2D eigenvalue weighted by atomic mass is 10.1. The maximum Gasteiger partial charge on any atom is 0.0148 e. The van der Waals surface area contributed by atoms with Crippen LogP contribution in [0.2, 0.25) is 0 Å². The van der Waals surface area contributed by atoms with Gasteiger partial charge in [0.1, 0.15) is 0 Å². The number of hydrogen-bond acceptors (Lipinski definition) is 1. The highest BCUT2D eigenvalue weighted by Gasteiger charge is 2.23. The van der Waals surface area contributed by atoms with Gasteiger partial charge in [-0.25, -0.2) is 5.32 Å². The molecule has 0 unspecified atom stereocenters. The van der Waals surface area contributed by atoms with Gasteiger partial charge in [-0.2, -0.15) is 0 Å². The van der Waals surface area contributed by atoms with Crippen LogP contribution in [0.15, 0.2) is 0 Å². The van der Waals surface area contributed by atoms with E-state index in [4.69, 9.17) is 0 Å². The molecular weight excluding hydrogens is 136 g/mol.